The van der Waals surface area contributed by atoms with Crippen LogP contribution in [0, 0.1) is 0 Å². The van der Waals surface area contributed by atoms with E-state index < -0.39 is 0 Å². The van der Waals surface area contributed by atoms with E-state index in [9.17, 15) is 4.79 Å². The lowest BCUT2D eigenvalue weighted by Gasteiger charge is -2.36. The average Bonchev–Trinajstić information content (AvgIpc) is 3.27. The molecule has 1 amide bonds. The molecule has 0 aliphatic carbocycles. The fraction of sp³-hybridized carbons (Fsp3) is 0.440. The highest BCUT2D eigenvalue weighted by atomic mass is 127. The summed E-state index contributed by atoms with van der Waals surface area (Å²) >= 11 is 0. The van der Waals surface area contributed by atoms with Crippen molar-refractivity contribution >= 4 is 35.8 Å². The Morgan fingerprint density at radius 3 is 2.52 bits per heavy atom. The highest BCUT2D eigenvalue weighted by Crippen LogP contribution is 2.24. The monoisotopic (exact) mass is 563 g/mol. The van der Waals surface area contributed by atoms with Crippen LogP contribution in [0.15, 0.2) is 65.7 Å². The second-order valence-electron chi connectivity index (χ2n) is 8.20. The molecular formula is C25H34IN5O2. The standard InChI is InChI=1S/C25H33N5O2.HI/c1-2-26-25(28-14-13-27-24(31)21-11-7-4-8-12-21)30-18-22-23(19-30)32-16-15-29(22)17-20-9-5-3-6-10-20;/h3-12,22-23H,2,13-19H2,1H3,(H,26,28)(H,27,31);1H. The first-order valence-electron chi connectivity index (χ1n) is 11.5. The van der Waals surface area contributed by atoms with Gasteiger partial charge in [0.15, 0.2) is 5.96 Å². The van der Waals surface area contributed by atoms with Gasteiger partial charge in [-0.05, 0) is 24.6 Å². The first kappa shape index (κ1) is 25.5. The van der Waals surface area contributed by atoms with Gasteiger partial charge < -0.3 is 20.3 Å². The smallest absolute Gasteiger partial charge is 0.251 e. The zero-order chi connectivity index (χ0) is 22.2. The highest BCUT2D eigenvalue weighted by molar-refractivity contribution is 14.0. The molecule has 7 nitrogen and oxygen atoms in total. The molecule has 2 atom stereocenters. The van der Waals surface area contributed by atoms with Crippen LogP contribution in [0.4, 0.5) is 0 Å². The van der Waals surface area contributed by atoms with Crippen molar-refractivity contribution in [2.24, 2.45) is 4.99 Å². The minimum atomic E-state index is -0.0667. The van der Waals surface area contributed by atoms with Gasteiger partial charge in [-0.15, -0.1) is 24.0 Å². The van der Waals surface area contributed by atoms with E-state index in [1.807, 2.05) is 30.3 Å². The number of rotatable bonds is 7. The largest absolute Gasteiger partial charge is 0.373 e. The Hall–Kier alpha value is -2.17. The SMILES string of the molecule is CCNC(=NCCNC(=O)c1ccccc1)N1CC2OCCN(Cc3ccccc3)C2C1.I. The highest BCUT2D eigenvalue weighted by Gasteiger charge is 2.41. The Labute approximate surface area is 213 Å². The molecule has 178 valence electrons. The molecule has 2 aliphatic heterocycles. The third kappa shape index (κ3) is 6.91. The summed E-state index contributed by atoms with van der Waals surface area (Å²) in [5.74, 6) is 0.821. The number of carbonyl (C=O) groups is 1. The van der Waals surface area contributed by atoms with Crippen LogP contribution in [0.25, 0.3) is 0 Å². The number of nitrogens with one attached hydrogen (secondary N) is 2. The number of guanidine groups is 1. The Bertz CT molecular complexity index is 896. The van der Waals surface area contributed by atoms with E-state index in [2.05, 4.69) is 57.7 Å². The van der Waals surface area contributed by atoms with Crippen LogP contribution in [0.3, 0.4) is 0 Å². The number of amides is 1. The molecule has 33 heavy (non-hydrogen) atoms. The van der Waals surface area contributed by atoms with E-state index in [4.69, 9.17) is 9.73 Å². The zero-order valence-corrected chi connectivity index (χ0v) is 21.5. The summed E-state index contributed by atoms with van der Waals surface area (Å²) in [6.45, 7) is 8.28. The number of ether oxygens (including phenoxy) is 1. The van der Waals surface area contributed by atoms with Crippen LogP contribution in [0.1, 0.15) is 22.8 Å². The number of fused-ring (bicyclic) bond motifs is 1. The van der Waals surface area contributed by atoms with Crippen LogP contribution in [-0.2, 0) is 11.3 Å². The van der Waals surface area contributed by atoms with E-state index >= 15 is 0 Å². The molecule has 2 saturated heterocycles. The lowest BCUT2D eigenvalue weighted by Crippen LogP contribution is -2.50. The summed E-state index contributed by atoms with van der Waals surface area (Å²) in [5.41, 5.74) is 2.00. The number of halogens is 1. The summed E-state index contributed by atoms with van der Waals surface area (Å²) in [6.07, 6.45) is 0.189. The number of hydrogen-bond donors (Lipinski definition) is 2. The number of nitrogens with zero attached hydrogens (tertiary/aromatic N) is 3. The average molecular weight is 563 g/mol. The van der Waals surface area contributed by atoms with Gasteiger partial charge in [0.25, 0.3) is 5.91 Å². The van der Waals surface area contributed by atoms with Crippen LogP contribution in [-0.4, -0.2) is 79.7 Å². The van der Waals surface area contributed by atoms with E-state index in [1.54, 1.807) is 0 Å². The van der Waals surface area contributed by atoms with Crippen molar-refractivity contribution in [3.8, 4) is 0 Å². The number of benzene rings is 2. The van der Waals surface area contributed by atoms with Gasteiger partial charge in [0, 0.05) is 44.8 Å². The summed E-state index contributed by atoms with van der Waals surface area (Å²) < 4.78 is 6.11. The minimum Gasteiger partial charge on any atom is -0.373 e. The van der Waals surface area contributed by atoms with Crippen LogP contribution < -0.4 is 10.6 Å². The first-order chi connectivity index (χ1) is 15.7. The van der Waals surface area contributed by atoms with E-state index in [1.165, 1.54) is 5.56 Å². The predicted molar refractivity (Wildman–Crippen MR) is 142 cm³/mol. The second-order valence-corrected chi connectivity index (χ2v) is 8.20. The summed E-state index contributed by atoms with van der Waals surface area (Å²) in [4.78, 5) is 21.8. The van der Waals surface area contributed by atoms with Crippen molar-refractivity contribution in [1.82, 2.24) is 20.4 Å². The molecule has 0 bridgehead atoms. The van der Waals surface area contributed by atoms with Crippen LogP contribution >= 0.6 is 24.0 Å². The quantitative estimate of drug-likeness (QED) is 0.235. The molecule has 2 unspecified atom stereocenters. The van der Waals surface area contributed by atoms with Crippen molar-refractivity contribution in [3.05, 3.63) is 71.8 Å². The molecule has 0 saturated carbocycles. The van der Waals surface area contributed by atoms with Gasteiger partial charge >= 0.3 is 0 Å². The van der Waals surface area contributed by atoms with E-state index in [0.717, 1.165) is 45.3 Å². The summed E-state index contributed by atoms with van der Waals surface area (Å²) in [6, 6.07) is 20.3. The Morgan fingerprint density at radius 1 is 1.06 bits per heavy atom. The molecule has 0 spiro atoms. The van der Waals surface area contributed by atoms with Gasteiger partial charge in [-0.3, -0.25) is 14.7 Å². The Morgan fingerprint density at radius 2 is 1.79 bits per heavy atom. The zero-order valence-electron chi connectivity index (χ0n) is 19.2. The molecule has 0 aromatic heterocycles. The molecule has 8 heteroatoms. The number of carbonyl (C=O) groups excluding carboxylic acids is 1. The van der Waals surface area contributed by atoms with Gasteiger partial charge in [0.2, 0.25) is 0 Å². The minimum absolute atomic E-state index is 0. The molecule has 2 aromatic carbocycles. The number of morpholine rings is 1. The molecule has 2 N–H and O–H groups in total. The van der Waals surface area contributed by atoms with Crippen molar-refractivity contribution in [3.63, 3.8) is 0 Å². The molecule has 2 heterocycles. The first-order valence-corrected chi connectivity index (χ1v) is 11.5. The van der Waals surface area contributed by atoms with Crippen molar-refractivity contribution in [2.75, 3.05) is 45.9 Å². The molecule has 0 radical (unpaired) electrons. The van der Waals surface area contributed by atoms with Gasteiger partial charge in [-0.25, -0.2) is 0 Å². The maximum absolute atomic E-state index is 12.2. The number of aliphatic imine (C=N–C) groups is 1. The topological polar surface area (TPSA) is 69.2 Å². The van der Waals surface area contributed by atoms with Gasteiger partial charge in [0.1, 0.15) is 0 Å². The van der Waals surface area contributed by atoms with Crippen LogP contribution in [0.5, 0.6) is 0 Å². The Balaban J connectivity index is 0.00000306. The summed E-state index contributed by atoms with van der Waals surface area (Å²) in [7, 11) is 0. The van der Waals surface area contributed by atoms with Crippen molar-refractivity contribution in [1.29, 1.82) is 0 Å². The van der Waals surface area contributed by atoms with E-state index in [-0.39, 0.29) is 36.0 Å². The van der Waals surface area contributed by atoms with Crippen molar-refractivity contribution < 1.29 is 9.53 Å². The van der Waals surface area contributed by atoms with Crippen molar-refractivity contribution in [2.45, 2.75) is 25.6 Å². The molecule has 4 rings (SSSR count). The lowest BCUT2D eigenvalue weighted by atomic mass is 10.1. The fourth-order valence-electron chi connectivity index (χ4n) is 4.39. The van der Waals surface area contributed by atoms with E-state index in [0.29, 0.717) is 24.7 Å². The molecule has 2 aromatic rings. The predicted octanol–water partition coefficient (Wildman–Crippen LogP) is 2.59. The van der Waals surface area contributed by atoms with Crippen LogP contribution in [0.2, 0.25) is 0 Å². The molecule has 2 aliphatic rings. The maximum atomic E-state index is 12.2. The van der Waals surface area contributed by atoms with Gasteiger partial charge in [-0.2, -0.15) is 0 Å². The maximum Gasteiger partial charge on any atom is 0.251 e. The normalized spacial score (nSPS) is 20.6. The summed E-state index contributed by atoms with van der Waals surface area (Å²) in [5, 5.41) is 6.35. The van der Waals surface area contributed by atoms with Gasteiger partial charge in [-0.1, -0.05) is 48.5 Å². The third-order valence-electron chi connectivity index (χ3n) is 5.97. The third-order valence-corrected chi connectivity index (χ3v) is 5.97. The van der Waals surface area contributed by atoms with Gasteiger partial charge in [0.05, 0.1) is 25.3 Å². The fourth-order valence-corrected chi connectivity index (χ4v) is 4.39. The number of hydrogen-bond acceptors (Lipinski definition) is 4. The number of likely N-dealkylation sites (tertiary alicyclic amines) is 1. The molecular weight excluding hydrogens is 529 g/mol. The second kappa shape index (κ2) is 12.9. The lowest BCUT2D eigenvalue weighted by molar-refractivity contribution is -0.0502. The molecule has 2 fully saturated rings. The Kier molecular flexibility index (Phi) is 9.95.